The SMILES string of the molecule is CS(=O)(=O)N1CCC(c2ccc(OCC(F)(F)F)cc2)CC1.FC(F)(F)COc1ccc(C2CCNCC2)cc1. The maximum Gasteiger partial charge on any atom is 0.422 e. The van der Waals surface area contributed by atoms with Crippen molar-refractivity contribution in [1.29, 1.82) is 0 Å². The number of nitrogens with one attached hydrogen (secondary N) is 1. The number of alkyl halides is 6. The Labute approximate surface area is 230 Å². The van der Waals surface area contributed by atoms with E-state index in [0.29, 0.717) is 31.8 Å². The van der Waals surface area contributed by atoms with E-state index in [9.17, 15) is 34.8 Å². The molecule has 2 aliphatic heterocycles. The molecule has 1 N–H and O–H groups in total. The van der Waals surface area contributed by atoms with E-state index in [2.05, 4.69) is 14.8 Å². The molecule has 2 aliphatic rings. The van der Waals surface area contributed by atoms with Gasteiger partial charge in [0.15, 0.2) is 13.2 Å². The Morgan fingerprint density at radius 2 is 1.10 bits per heavy atom. The molecule has 2 aromatic carbocycles. The molecule has 0 atom stereocenters. The zero-order valence-corrected chi connectivity index (χ0v) is 22.9. The van der Waals surface area contributed by atoms with Gasteiger partial charge < -0.3 is 14.8 Å². The maximum atomic E-state index is 12.1. The van der Waals surface area contributed by atoms with Crippen molar-refractivity contribution in [3.8, 4) is 11.5 Å². The van der Waals surface area contributed by atoms with E-state index in [4.69, 9.17) is 0 Å². The van der Waals surface area contributed by atoms with Crippen LogP contribution in [0.1, 0.15) is 48.6 Å². The molecule has 0 aliphatic carbocycles. The van der Waals surface area contributed by atoms with Crippen molar-refractivity contribution in [1.82, 2.24) is 9.62 Å². The lowest BCUT2D eigenvalue weighted by molar-refractivity contribution is -0.154. The highest BCUT2D eigenvalue weighted by molar-refractivity contribution is 7.88. The van der Waals surface area contributed by atoms with Crippen LogP contribution in [0.15, 0.2) is 48.5 Å². The van der Waals surface area contributed by atoms with Crippen LogP contribution in [0.3, 0.4) is 0 Å². The highest BCUT2D eigenvalue weighted by Gasteiger charge is 2.29. The Kier molecular flexibility index (Phi) is 11.1. The van der Waals surface area contributed by atoms with E-state index in [1.807, 2.05) is 12.1 Å². The van der Waals surface area contributed by atoms with E-state index < -0.39 is 35.6 Å². The Bertz CT molecular complexity index is 1140. The lowest BCUT2D eigenvalue weighted by Crippen LogP contribution is -2.37. The average Bonchev–Trinajstić information content (AvgIpc) is 2.91. The lowest BCUT2D eigenvalue weighted by atomic mass is 9.90. The molecule has 224 valence electrons. The van der Waals surface area contributed by atoms with Gasteiger partial charge in [-0.25, -0.2) is 12.7 Å². The van der Waals surface area contributed by atoms with Crippen molar-refractivity contribution in [3.05, 3.63) is 59.7 Å². The van der Waals surface area contributed by atoms with Gasteiger partial charge in [-0.2, -0.15) is 26.3 Å². The number of ether oxygens (including phenoxy) is 2. The fourth-order valence-electron chi connectivity index (χ4n) is 4.68. The quantitative estimate of drug-likeness (QED) is 0.406. The van der Waals surface area contributed by atoms with Crippen molar-refractivity contribution in [2.45, 2.75) is 49.9 Å². The number of rotatable bonds is 7. The molecule has 13 heteroatoms. The van der Waals surface area contributed by atoms with E-state index in [0.717, 1.165) is 31.5 Å². The van der Waals surface area contributed by atoms with Gasteiger partial charge in [0.2, 0.25) is 10.0 Å². The minimum Gasteiger partial charge on any atom is -0.484 e. The fourth-order valence-corrected chi connectivity index (χ4v) is 5.55. The van der Waals surface area contributed by atoms with Gasteiger partial charge in [0.25, 0.3) is 0 Å². The zero-order valence-electron chi connectivity index (χ0n) is 22.1. The normalized spacial score (nSPS) is 18.1. The number of benzene rings is 2. The first-order valence-electron chi connectivity index (χ1n) is 12.9. The number of sulfonamides is 1. The minimum atomic E-state index is -4.35. The lowest BCUT2D eigenvalue weighted by Gasteiger charge is -2.30. The number of nitrogens with zero attached hydrogens (tertiary/aromatic N) is 1. The molecule has 0 unspecified atom stereocenters. The molecular weight excluding hydrogens is 562 g/mol. The summed E-state index contributed by atoms with van der Waals surface area (Å²) in [6.45, 7) is 0.387. The predicted molar refractivity (Wildman–Crippen MR) is 139 cm³/mol. The topological polar surface area (TPSA) is 67.9 Å². The van der Waals surface area contributed by atoms with Crippen molar-refractivity contribution in [2.75, 3.05) is 45.6 Å². The first-order valence-corrected chi connectivity index (χ1v) is 14.8. The summed E-state index contributed by atoms with van der Waals surface area (Å²) in [5.74, 6) is 1.16. The molecule has 0 saturated carbocycles. The summed E-state index contributed by atoms with van der Waals surface area (Å²) in [6.07, 6.45) is -3.89. The number of halogens is 6. The Morgan fingerprint density at radius 3 is 1.45 bits per heavy atom. The Morgan fingerprint density at radius 1 is 0.725 bits per heavy atom. The largest absolute Gasteiger partial charge is 0.484 e. The average molecular weight is 597 g/mol. The summed E-state index contributed by atoms with van der Waals surface area (Å²) in [7, 11) is -3.15. The third kappa shape index (κ3) is 11.2. The highest BCUT2D eigenvalue weighted by atomic mass is 32.2. The van der Waals surface area contributed by atoms with Crippen LogP contribution in [0.5, 0.6) is 11.5 Å². The molecule has 2 heterocycles. The molecule has 0 radical (unpaired) electrons. The smallest absolute Gasteiger partial charge is 0.422 e. The van der Waals surface area contributed by atoms with Crippen LogP contribution in [-0.2, 0) is 10.0 Å². The predicted octanol–water partition coefficient (Wildman–Crippen LogP) is 5.86. The molecule has 0 aromatic heterocycles. The van der Waals surface area contributed by atoms with Crippen LogP contribution in [-0.4, -0.2) is 70.7 Å². The summed E-state index contributed by atoms with van der Waals surface area (Å²) in [6, 6.07) is 13.5. The fraction of sp³-hybridized carbons (Fsp3) is 0.556. The second kappa shape index (κ2) is 13.9. The van der Waals surface area contributed by atoms with E-state index in [1.165, 1.54) is 28.3 Å². The third-order valence-electron chi connectivity index (χ3n) is 6.77. The number of hydrogen-bond acceptors (Lipinski definition) is 5. The Hall–Kier alpha value is -2.51. The summed E-state index contributed by atoms with van der Waals surface area (Å²) < 4.78 is 106. The molecule has 0 bridgehead atoms. The van der Waals surface area contributed by atoms with Crippen LogP contribution in [0.25, 0.3) is 0 Å². The zero-order chi connectivity index (χ0) is 29.4. The van der Waals surface area contributed by atoms with Gasteiger partial charge in [-0.05, 0) is 86.0 Å². The summed E-state index contributed by atoms with van der Waals surface area (Å²) in [5.41, 5.74) is 2.17. The van der Waals surface area contributed by atoms with Gasteiger partial charge in [0, 0.05) is 13.1 Å². The first kappa shape index (κ1) is 32.0. The number of hydrogen-bond donors (Lipinski definition) is 1. The van der Waals surface area contributed by atoms with Crippen LogP contribution in [0.4, 0.5) is 26.3 Å². The van der Waals surface area contributed by atoms with Gasteiger partial charge in [-0.1, -0.05) is 24.3 Å². The van der Waals surface area contributed by atoms with E-state index in [1.54, 1.807) is 24.3 Å². The van der Waals surface area contributed by atoms with Crippen LogP contribution in [0.2, 0.25) is 0 Å². The molecule has 40 heavy (non-hydrogen) atoms. The summed E-state index contributed by atoms with van der Waals surface area (Å²) in [5, 5.41) is 3.28. The molecule has 2 saturated heterocycles. The molecule has 0 spiro atoms. The van der Waals surface area contributed by atoms with Gasteiger partial charge in [0.1, 0.15) is 11.5 Å². The minimum absolute atomic E-state index is 0.176. The second-order valence-electron chi connectivity index (χ2n) is 9.91. The van der Waals surface area contributed by atoms with Gasteiger partial charge in [0.05, 0.1) is 6.26 Å². The van der Waals surface area contributed by atoms with E-state index in [-0.39, 0.29) is 17.4 Å². The third-order valence-corrected chi connectivity index (χ3v) is 8.07. The van der Waals surface area contributed by atoms with Crippen molar-refractivity contribution in [3.63, 3.8) is 0 Å². The number of piperidine rings is 2. The van der Waals surface area contributed by atoms with Crippen LogP contribution < -0.4 is 14.8 Å². The van der Waals surface area contributed by atoms with Gasteiger partial charge in [-0.3, -0.25) is 0 Å². The van der Waals surface area contributed by atoms with Crippen LogP contribution in [0, 0.1) is 0 Å². The van der Waals surface area contributed by atoms with Crippen molar-refractivity contribution in [2.24, 2.45) is 0 Å². The molecule has 4 rings (SSSR count). The van der Waals surface area contributed by atoms with E-state index >= 15 is 0 Å². The monoisotopic (exact) mass is 596 g/mol. The molecule has 0 amide bonds. The molecule has 2 fully saturated rings. The van der Waals surface area contributed by atoms with Crippen LogP contribution >= 0.6 is 0 Å². The molecule has 2 aromatic rings. The van der Waals surface area contributed by atoms with Gasteiger partial charge in [-0.15, -0.1) is 0 Å². The summed E-state index contributed by atoms with van der Waals surface area (Å²) in [4.78, 5) is 0. The Balaban J connectivity index is 0.000000225. The standard InChI is InChI=1S/C14H18F3NO3S.C13H16F3NO/c1-22(19,20)18-8-6-12(7-9-18)11-2-4-13(5-3-11)21-10-14(15,16)17;14-13(15,16)9-18-12-3-1-10(2-4-12)11-5-7-17-8-6-11/h2-5,12H,6-10H2,1H3;1-4,11,17H,5-9H2. The maximum absolute atomic E-state index is 12.1. The van der Waals surface area contributed by atoms with Gasteiger partial charge >= 0.3 is 12.4 Å². The molecular formula is C27H34F6N2O4S. The second-order valence-corrected chi connectivity index (χ2v) is 11.9. The highest BCUT2D eigenvalue weighted by Crippen LogP contribution is 2.31. The van der Waals surface area contributed by atoms with Crippen molar-refractivity contribution >= 4 is 10.0 Å². The summed E-state index contributed by atoms with van der Waals surface area (Å²) >= 11 is 0. The van der Waals surface area contributed by atoms with Crippen molar-refractivity contribution < 1.29 is 44.2 Å². The first-order chi connectivity index (χ1) is 18.7. The molecule has 6 nitrogen and oxygen atoms in total.